The number of amides is 1. The highest BCUT2D eigenvalue weighted by atomic mass is 16.5. The number of ether oxygens (including phenoxy) is 1. The van der Waals surface area contributed by atoms with Crippen molar-refractivity contribution < 1.29 is 17.5 Å². The van der Waals surface area contributed by atoms with Gasteiger partial charge in [-0.1, -0.05) is 13.8 Å². The maximum atomic E-state index is 12.5. The Bertz CT molecular complexity index is 814. The third-order valence-electron chi connectivity index (χ3n) is 5.11. The molecule has 6 nitrogen and oxygen atoms in total. The Hall–Kier alpha value is -2.57. The molecule has 0 saturated carbocycles. The lowest BCUT2D eigenvalue weighted by molar-refractivity contribution is 0.102. The van der Waals surface area contributed by atoms with Crippen LogP contribution in [0.2, 0.25) is 0 Å². The summed E-state index contributed by atoms with van der Waals surface area (Å²) < 4.78 is 5.65. The standard InChI is InChI=1S/C23H31N3O3.2H2/c1-16(2)15-29-20-11-5-17(6-12-20)23(28)24-18-7-9-19(10-8-18)26-13-21(25(3)4)22(27)14-26;;/h5-12,16,21-22,27H,13-15H2,1-4H3,(H,24,28);2*1H. The number of hydrogen-bond donors (Lipinski definition) is 2. The van der Waals surface area contributed by atoms with Crippen LogP contribution in [0.15, 0.2) is 48.5 Å². The van der Waals surface area contributed by atoms with Crippen molar-refractivity contribution in [2.45, 2.75) is 26.0 Å². The molecule has 2 unspecified atom stereocenters. The van der Waals surface area contributed by atoms with Gasteiger partial charge in [-0.2, -0.15) is 0 Å². The van der Waals surface area contributed by atoms with E-state index in [4.69, 9.17) is 4.74 Å². The number of likely N-dealkylation sites (N-methyl/N-ethyl adjacent to an activating group) is 1. The van der Waals surface area contributed by atoms with Gasteiger partial charge in [0.25, 0.3) is 5.91 Å². The number of carbonyl (C=O) groups is 1. The van der Waals surface area contributed by atoms with E-state index in [0.29, 0.717) is 24.6 Å². The number of benzene rings is 2. The van der Waals surface area contributed by atoms with Crippen LogP contribution in [-0.2, 0) is 0 Å². The predicted molar refractivity (Wildman–Crippen MR) is 121 cm³/mol. The number of hydrogen-bond acceptors (Lipinski definition) is 5. The maximum Gasteiger partial charge on any atom is 0.255 e. The molecule has 0 aromatic heterocycles. The summed E-state index contributed by atoms with van der Waals surface area (Å²) >= 11 is 0. The smallest absolute Gasteiger partial charge is 0.255 e. The largest absolute Gasteiger partial charge is 0.493 e. The molecule has 1 aliphatic heterocycles. The summed E-state index contributed by atoms with van der Waals surface area (Å²) in [7, 11) is 3.97. The molecule has 0 bridgehead atoms. The molecule has 1 amide bonds. The van der Waals surface area contributed by atoms with Crippen LogP contribution in [0.4, 0.5) is 11.4 Å². The molecule has 0 spiro atoms. The van der Waals surface area contributed by atoms with Gasteiger partial charge in [0.05, 0.1) is 18.8 Å². The van der Waals surface area contributed by atoms with Gasteiger partial charge >= 0.3 is 0 Å². The lowest BCUT2D eigenvalue weighted by Crippen LogP contribution is -2.37. The Morgan fingerprint density at radius 2 is 1.83 bits per heavy atom. The summed E-state index contributed by atoms with van der Waals surface area (Å²) in [5, 5.41) is 13.1. The van der Waals surface area contributed by atoms with Crippen molar-refractivity contribution in [3.8, 4) is 5.75 Å². The highest BCUT2D eigenvalue weighted by molar-refractivity contribution is 6.04. The van der Waals surface area contributed by atoms with Crippen LogP contribution in [0, 0.1) is 5.92 Å². The van der Waals surface area contributed by atoms with Crippen molar-refractivity contribution in [2.24, 2.45) is 5.92 Å². The zero-order chi connectivity index (χ0) is 21.0. The first-order chi connectivity index (χ1) is 13.8. The number of rotatable bonds is 7. The third kappa shape index (κ3) is 5.49. The molecule has 0 radical (unpaired) electrons. The Kier molecular flexibility index (Phi) is 6.77. The summed E-state index contributed by atoms with van der Waals surface area (Å²) in [5.41, 5.74) is 2.36. The van der Waals surface area contributed by atoms with Gasteiger partial charge < -0.3 is 25.0 Å². The first-order valence-corrected chi connectivity index (χ1v) is 10.1. The molecule has 2 atom stereocenters. The van der Waals surface area contributed by atoms with Crippen LogP contribution in [0.25, 0.3) is 0 Å². The van der Waals surface area contributed by atoms with Crippen LogP contribution < -0.4 is 15.0 Å². The number of carbonyl (C=O) groups excluding carboxylic acids is 1. The summed E-state index contributed by atoms with van der Waals surface area (Å²) in [6.07, 6.45) is -0.364. The third-order valence-corrected chi connectivity index (χ3v) is 5.11. The number of aliphatic hydroxyl groups is 1. The molecule has 2 N–H and O–H groups in total. The van der Waals surface area contributed by atoms with Crippen molar-refractivity contribution in [3.63, 3.8) is 0 Å². The molecule has 160 valence electrons. The maximum absolute atomic E-state index is 12.5. The molecule has 6 heteroatoms. The van der Waals surface area contributed by atoms with Crippen LogP contribution in [0.5, 0.6) is 5.75 Å². The molecule has 2 aromatic carbocycles. The Morgan fingerprint density at radius 1 is 1.17 bits per heavy atom. The van der Waals surface area contributed by atoms with Crippen LogP contribution in [-0.4, -0.2) is 61.9 Å². The van der Waals surface area contributed by atoms with E-state index >= 15 is 0 Å². The van der Waals surface area contributed by atoms with Gasteiger partial charge in [-0.05, 0) is 68.5 Å². The van der Waals surface area contributed by atoms with E-state index in [2.05, 4.69) is 29.0 Å². The average Bonchev–Trinajstić information content (AvgIpc) is 3.09. The zero-order valence-electron chi connectivity index (χ0n) is 17.6. The Labute approximate surface area is 176 Å². The van der Waals surface area contributed by atoms with Crippen molar-refractivity contribution in [3.05, 3.63) is 54.1 Å². The summed E-state index contributed by atoms with van der Waals surface area (Å²) in [6.45, 7) is 6.24. The fraction of sp³-hybridized carbons (Fsp3) is 0.435. The van der Waals surface area contributed by atoms with Gasteiger partial charge in [-0.25, -0.2) is 0 Å². The van der Waals surface area contributed by atoms with Gasteiger partial charge in [-0.15, -0.1) is 0 Å². The quantitative estimate of drug-likeness (QED) is 0.742. The monoisotopic (exact) mass is 401 g/mol. The van der Waals surface area contributed by atoms with Crippen molar-refractivity contribution in [2.75, 3.05) is 44.0 Å². The Balaban J connectivity index is 0.00000240. The van der Waals surface area contributed by atoms with Crippen LogP contribution >= 0.6 is 0 Å². The van der Waals surface area contributed by atoms with E-state index in [1.807, 2.05) is 50.5 Å². The van der Waals surface area contributed by atoms with E-state index in [-0.39, 0.29) is 20.9 Å². The fourth-order valence-corrected chi connectivity index (χ4v) is 3.41. The number of nitrogens with zero attached hydrogens (tertiary/aromatic N) is 2. The molecule has 29 heavy (non-hydrogen) atoms. The molecule has 1 heterocycles. The SMILES string of the molecule is CC(C)COc1ccc(C(=O)Nc2ccc(N3CC(O)C(N(C)C)C3)cc2)cc1.[HH].[HH]. The van der Waals surface area contributed by atoms with Gasteiger partial charge in [-0.3, -0.25) is 4.79 Å². The molecular formula is C23H35N3O3. The second kappa shape index (κ2) is 9.29. The van der Waals surface area contributed by atoms with E-state index in [0.717, 1.165) is 23.7 Å². The highest BCUT2D eigenvalue weighted by Crippen LogP contribution is 2.24. The fourth-order valence-electron chi connectivity index (χ4n) is 3.41. The molecule has 3 rings (SSSR count). The van der Waals surface area contributed by atoms with Crippen LogP contribution in [0.3, 0.4) is 0 Å². The minimum atomic E-state index is -0.364. The summed E-state index contributed by atoms with van der Waals surface area (Å²) in [6, 6.07) is 15.0. The summed E-state index contributed by atoms with van der Waals surface area (Å²) in [5.74, 6) is 1.07. The van der Waals surface area contributed by atoms with Gasteiger partial charge in [0.1, 0.15) is 5.75 Å². The second-order valence-corrected chi connectivity index (χ2v) is 8.23. The number of aliphatic hydroxyl groups excluding tert-OH is 1. The molecule has 1 saturated heterocycles. The molecule has 1 fully saturated rings. The highest BCUT2D eigenvalue weighted by Gasteiger charge is 2.32. The van der Waals surface area contributed by atoms with Gasteiger partial charge in [0.15, 0.2) is 0 Å². The molecule has 2 aromatic rings. The first-order valence-electron chi connectivity index (χ1n) is 10.1. The number of nitrogens with one attached hydrogen (secondary N) is 1. The van der Waals surface area contributed by atoms with Crippen molar-refractivity contribution in [1.82, 2.24) is 4.90 Å². The number of anilines is 2. The second-order valence-electron chi connectivity index (χ2n) is 8.23. The average molecular weight is 402 g/mol. The zero-order valence-corrected chi connectivity index (χ0v) is 17.6. The van der Waals surface area contributed by atoms with Gasteiger partial charge in [0, 0.05) is 32.9 Å². The van der Waals surface area contributed by atoms with E-state index in [1.54, 1.807) is 12.1 Å². The lowest BCUT2D eigenvalue weighted by Gasteiger charge is -2.22. The van der Waals surface area contributed by atoms with Crippen LogP contribution in [0.1, 0.15) is 27.1 Å². The van der Waals surface area contributed by atoms with Crippen molar-refractivity contribution >= 4 is 17.3 Å². The summed E-state index contributed by atoms with van der Waals surface area (Å²) in [4.78, 5) is 16.7. The van der Waals surface area contributed by atoms with Crippen molar-refractivity contribution in [1.29, 1.82) is 0 Å². The van der Waals surface area contributed by atoms with E-state index in [1.165, 1.54) is 0 Å². The lowest BCUT2D eigenvalue weighted by atomic mass is 10.2. The van der Waals surface area contributed by atoms with E-state index < -0.39 is 0 Å². The Morgan fingerprint density at radius 3 is 2.38 bits per heavy atom. The molecular weight excluding hydrogens is 366 g/mol. The topological polar surface area (TPSA) is 65.0 Å². The van der Waals surface area contributed by atoms with E-state index in [9.17, 15) is 9.90 Å². The molecule has 0 aliphatic carbocycles. The predicted octanol–water partition coefficient (Wildman–Crippen LogP) is 3.58. The number of β-amino-alcohol motifs (C(OH)–C–C–N with tert-alkyl or cyclic N) is 1. The molecule has 1 aliphatic rings. The minimum Gasteiger partial charge on any atom is -0.493 e. The first kappa shape index (κ1) is 21.1. The normalized spacial score (nSPS) is 19.1. The van der Waals surface area contributed by atoms with Gasteiger partial charge in [0.2, 0.25) is 0 Å². The minimum absolute atomic E-state index is 0.